The number of hydrogen-bond donors (Lipinski definition) is 0. The Morgan fingerprint density at radius 1 is 0.394 bits per heavy atom. The third-order valence-corrected chi connectivity index (χ3v) is 15.3. The predicted octanol–water partition coefficient (Wildman–Crippen LogP) is 18.5. The molecule has 2 aromatic heterocycles. The van der Waals surface area contributed by atoms with Gasteiger partial charge in [-0.3, -0.25) is 9.47 Å². The Kier molecular flexibility index (Phi) is 9.21. The monoisotopic (exact) mass is 882 g/mol. The van der Waals surface area contributed by atoms with Crippen molar-refractivity contribution in [1.29, 1.82) is 0 Å². The average Bonchev–Trinajstić information content (AvgIpc) is 3.81. The van der Waals surface area contributed by atoms with E-state index in [0.29, 0.717) is 0 Å². The van der Waals surface area contributed by atoms with E-state index in [0.717, 1.165) is 28.6 Å². The average molecular weight is 883 g/mol. The summed E-state index contributed by atoms with van der Waals surface area (Å²) in [5.74, 6) is 1.14. The highest BCUT2D eigenvalue weighted by Gasteiger charge is 2.44. The van der Waals surface area contributed by atoms with Crippen LogP contribution >= 0.6 is 11.3 Å². The Hall–Kier alpha value is -6.30. The number of nitrogens with zero attached hydrogens (tertiary/aromatic N) is 4. The summed E-state index contributed by atoms with van der Waals surface area (Å²) in [4.78, 5) is 7.77. The molecule has 0 fully saturated rings. The molecule has 0 amide bonds. The molecule has 9 aromatic rings. The van der Waals surface area contributed by atoms with Crippen molar-refractivity contribution in [2.75, 3.05) is 14.7 Å². The quantitative estimate of drug-likeness (QED) is 0.176. The molecule has 4 nitrogen and oxygen atoms in total. The molecule has 0 aliphatic carbocycles. The molecule has 0 spiro atoms. The van der Waals surface area contributed by atoms with E-state index in [1.54, 1.807) is 0 Å². The first-order chi connectivity index (χ1) is 31.2. The number of fused-ring (bicyclic) bond motifs is 10. The van der Waals surface area contributed by atoms with Gasteiger partial charge in [-0.05, 0) is 129 Å². The SMILES string of the molecule is Cc1cc2c3c(c1)N(c1ccc(C(C)(C)C)cc1)c1c(n(-c4ccc(C(C)(C)C)cc4)c4ccc5c6ccccc6sc5c14)N3c1cc(C(C)(C)C)ccc1N2c1ccc(C(C)(C)C)cc1. The second-order valence-electron chi connectivity index (χ2n) is 22.9. The maximum Gasteiger partial charge on any atom is 0.148 e. The number of anilines is 9. The number of aryl methyl sites for hydroxylation is 1. The zero-order chi connectivity index (χ0) is 46.4. The molecule has 0 bridgehead atoms. The van der Waals surface area contributed by atoms with E-state index < -0.39 is 0 Å². The molecule has 0 N–H and O–H groups in total. The van der Waals surface area contributed by atoms with Crippen LogP contribution in [0.2, 0.25) is 0 Å². The highest BCUT2D eigenvalue weighted by Crippen LogP contribution is 2.67. The topological polar surface area (TPSA) is 14.7 Å². The van der Waals surface area contributed by atoms with Crippen LogP contribution in [-0.4, -0.2) is 4.57 Å². The van der Waals surface area contributed by atoms with Gasteiger partial charge in [-0.1, -0.05) is 150 Å². The van der Waals surface area contributed by atoms with Crippen LogP contribution in [0.4, 0.5) is 51.3 Å². The van der Waals surface area contributed by atoms with Gasteiger partial charge in [0, 0.05) is 42.6 Å². The van der Waals surface area contributed by atoms with Gasteiger partial charge in [-0.2, -0.15) is 0 Å². The van der Waals surface area contributed by atoms with Crippen molar-refractivity contribution in [3.8, 4) is 5.69 Å². The molecule has 7 aromatic carbocycles. The second kappa shape index (κ2) is 14.3. The highest BCUT2D eigenvalue weighted by atomic mass is 32.1. The van der Waals surface area contributed by atoms with Crippen LogP contribution in [0.15, 0.2) is 140 Å². The molecule has 0 saturated carbocycles. The molecule has 0 atom stereocenters. The highest BCUT2D eigenvalue weighted by molar-refractivity contribution is 7.26. The minimum absolute atomic E-state index is 0.0148. The molecular formula is C61H62N4S. The zero-order valence-corrected chi connectivity index (χ0v) is 41.8. The second-order valence-corrected chi connectivity index (χ2v) is 24.0. The van der Waals surface area contributed by atoms with Gasteiger partial charge in [0.25, 0.3) is 0 Å². The lowest BCUT2D eigenvalue weighted by Gasteiger charge is -2.47. The molecule has 332 valence electrons. The number of thiophene rings is 1. The summed E-state index contributed by atoms with van der Waals surface area (Å²) in [6.45, 7) is 30.0. The van der Waals surface area contributed by atoms with Gasteiger partial charge in [0.05, 0.1) is 39.6 Å². The molecular weight excluding hydrogens is 821 g/mol. The van der Waals surface area contributed by atoms with Crippen molar-refractivity contribution >= 4 is 93.7 Å². The van der Waals surface area contributed by atoms with Gasteiger partial charge in [0.2, 0.25) is 0 Å². The lowest BCUT2D eigenvalue weighted by Crippen LogP contribution is -2.32. The smallest absolute Gasteiger partial charge is 0.148 e. The van der Waals surface area contributed by atoms with Crippen LogP contribution in [0.25, 0.3) is 36.8 Å². The van der Waals surface area contributed by atoms with E-state index in [2.05, 4.69) is 249 Å². The summed E-state index contributed by atoms with van der Waals surface area (Å²) in [5, 5.41) is 3.87. The van der Waals surface area contributed by atoms with E-state index in [4.69, 9.17) is 0 Å². The minimum Gasteiger partial charge on any atom is -0.306 e. The van der Waals surface area contributed by atoms with E-state index in [9.17, 15) is 0 Å². The standard InChI is InChI=1S/C61H62N4S/c1-37-34-50-54-51(35-37)63(43-27-20-39(21-28-43)59(5,6)7)55-53-48(33-31-46-45-16-14-15-17-52(45)66-56(46)53)64(44-29-22-40(23-30-44)60(8,9)10)57(55)65(54)49-36-41(61(11,12)13)24-32-47(49)62(50)42-25-18-38(19-26-42)58(2,3)4/h14-36H,1-13H3. The van der Waals surface area contributed by atoms with Crippen molar-refractivity contribution < 1.29 is 0 Å². The van der Waals surface area contributed by atoms with Crippen LogP contribution in [-0.2, 0) is 21.7 Å². The van der Waals surface area contributed by atoms with Crippen molar-refractivity contribution in [2.24, 2.45) is 0 Å². The molecule has 4 heterocycles. The Morgan fingerprint density at radius 3 is 1.45 bits per heavy atom. The Morgan fingerprint density at radius 2 is 0.894 bits per heavy atom. The fourth-order valence-corrected chi connectivity index (χ4v) is 11.6. The van der Waals surface area contributed by atoms with E-state index in [1.165, 1.54) is 87.3 Å². The van der Waals surface area contributed by atoms with Gasteiger partial charge in [-0.15, -0.1) is 11.3 Å². The summed E-state index contributed by atoms with van der Waals surface area (Å²) in [6.07, 6.45) is 0. The van der Waals surface area contributed by atoms with Crippen LogP contribution < -0.4 is 14.7 Å². The normalized spacial score (nSPS) is 14.0. The first-order valence-electron chi connectivity index (χ1n) is 23.7. The number of hydrogen-bond acceptors (Lipinski definition) is 4. The molecule has 2 aliphatic heterocycles. The fourth-order valence-electron chi connectivity index (χ4n) is 10.3. The van der Waals surface area contributed by atoms with Crippen molar-refractivity contribution in [1.82, 2.24) is 4.57 Å². The van der Waals surface area contributed by atoms with Crippen molar-refractivity contribution in [2.45, 2.75) is 112 Å². The summed E-state index contributed by atoms with van der Waals surface area (Å²) in [7, 11) is 0. The fraction of sp³-hybridized carbons (Fsp3) is 0.279. The maximum atomic E-state index is 2.64. The van der Waals surface area contributed by atoms with Crippen LogP contribution in [0.3, 0.4) is 0 Å². The molecule has 66 heavy (non-hydrogen) atoms. The first kappa shape index (κ1) is 42.3. The predicted molar refractivity (Wildman–Crippen MR) is 287 cm³/mol. The summed E-state index contributed by atoms with van der Waals surface area (Å²) in [6, 6.07) is 53.8. The van der Waals surface area contributed by atoms with Crippen LogP contribution in [0, 0.1) is 6.92 Å². The molecule has 0 saturated heterocycles. The maximum absolute atomic E-state index is 2.64. The molecule has 0 unspecified atom stereocenters. The Bertz CT molecular complexity index is 3390. The Balaban J connectivity index is 1.32. The number of benzene rings is 7. The molecule has 0 radical (unpaired) electrons. The zero-order valence-electron chi connectivity index (χ0n) is 41.0. The molecule has 5 heteroatoms. The van der Waals surface area contributed by atoms with Crippen molar-refractivity contribution in [3.63, 3.8) is 0 Å². The van der Waals surface area contributed by atoms with Gasteiger partial charge in [-0.25, -0.2) is 0 Å². The van der Waals surface area contributed by atoms with E-state index in [1.807, 2.05) is 11.3 Å². The third kappa shape index (κ3) is 6.52. The lowest BCUT2D eigenvalue weighted by atomic mass is 9.85. The summed E-state index contributed by atoms with van der Waals surface area (Å²) >= 11 is 1.92. The molecule has 2 aliphatic rings. The van der Waals surface area contributed by atoms with E-state index in [-0.39, 0.29) is 21.7 Å². The van der Waals surface area contributed by atoms with Gasteiger partial charge in [0.15, 0.2) is 0 Å². The third-order valence-electron chi connectivity index (χ3n) is 14.1. The lowest BCUT2D eigenvalue weighted by molar-refractivity contribution is 0.590. The largest absolute Gasteiger partial charge is 0.306 e. The summed E-state index contributed by atoms with van der Waals surface area (Å²) in [5.41, 5.74) is 18.1. The van der Waals surface area contributed by atoms with Crippen LogP contribution in [0.1, 0.15) is 111 Å². The van der Waals surface area contributed by atoms with Crippen LogP contribution in [0.5, 0.6) is 0 Å². The van der Waals surface area contributed by atoms with Crippen molar-refractivity contribution in [3.05, 3.63) is 167 Å². The first-order valence-corrected chi connectivity index (χ1v) is 24.5. The van der Waals surface area contributed by atoms with Gasteiger partial charge in [0.1, 0.15) is 5.82 Å². The minimum atomic E-state index is -0.0806. The Labute approximate surface area is 395 Å². The number of aromatic nitrogens is 1. The number of rotatable bonds is 3. The molecule has 11 rings (SSSR count). The van der Waals surface area contributed by atoms with E-state index >= 15 is 0 Å². The van der Waals surface area contributed by atoms with Gasteiger partial charge < -0.3 is 9.80 Å². The van der Waals surface area contributed by atoms with Gasteiger partial charge >= 0.3 is 0 Å². The summed E-state index contributed by atoms with van der Waals surface area (Å²) < 4.78 is 5.19.